The first-order valence-corrected chi connectivity index (χ1v) is 11.2. The lowest BCUT2D eigenvalue weighted by Gasteiger charge is -2.16. The topological polar surface area (TPSA) is 57.4 Å². The summed E-state index contributed by atoms with van der Waals surface area (Å²) in [5.41, 5.74) is 9.78. The number of aromatic nitrogens is 4. The van der Waals surface area contributed by atoms with Gasteiger partial charge in [0.2, 0.25) is 0 Å². The Morgan fingerprint density at radius 1 is 0.903 bits per heavy atom. The van der Waals surface area contributed by atoms with Crippen molar-refractivity contribution in [3.05, 3.63) is 71.4 Å². The Labute approximate surface area is 181 Å². The highest BCUT2D eigenvalue weighted by atomic mass is 14.9. The standard InChI is InChI=1S/C27H26N4/c1-4-24-28-22-11-7-18-13-16(5-9-20(18)25(22)30-24)17-6-10-21-19(14-17)8-12-23-26(21)31-27(29-23)15(2)3/h5-7,9-11,13-15H,4,8,12H2,1-3H3,(H,28,30)(H,29,31). The van der Waals surface area contributed by atoms with E-state index >= 15 is 0 Å². The molecule has 0 spiro atoms. The van der Waals surface area contributed by atoms with Crippen molar-refractivity contribution in [1.82, 2.24) is 19.9 Å². The summed E-state index contributed by atoms with van der Waals surface area (Å²) in [6.45, 7) is 6.51. The fourth-order valence-electron chi connectivity index (χ4n) is 4.78. The highest BCUT2D eigenvalue weighted by molar-refractivity contribution is 6.05. The molecule has 1 aliphatic carbocycles. The summed E-state index contributed by atoms with van der Waals surface area (Å²) in [6, 6.07) is 17.9. The van der Waals surface area contributed by atoms with Gasteiger partial charge < -0.3 is 9.97 Å². The molecular formula is C27H26N4. The Hall–Kier alpha value is -3.40. The molecule has 0 fully saturated rings. The first-order valence-electron chi connectivity index (χ1n) is 11.2. The molecule has 3 aromatic carbocycles. The van der Waals surface area contributed by atoms with Gasteiger partial charge in [-0.1, -0.05) is 57.2 Å². The minimum absolute atomic E-state index is 0.417. The van der Waals surface area contributed by atoms with Gasteiger partial charge >= 0.3 is 0 Å². The molecule has 0 saturated heterocycles. The van der Waals surface area contributed by atoms with Crippen molar-refractivity contribution in [2.75, 3.05) is 0 Å². The maximum atomic E-state index is 4.91. The van der Waals surface area contributed by atoms with E-state index in [-0.39, 0.29) is 0 Å². The van der Waals surface area contributed by atoms with Gasteiger partial charge in [0.05, 0.1) is 16.7 Å². The molecule has 5 aromatic rings. The third-order valence-corrected chi connectivity index (χ3v) is 6.53. The Kier molecular flexibility index (Phi) is 4.04. The Balaban J connectivity index is 1.42. The van der Waals surface area contributed by atoms with E-state index in [9.17, 15) is 0 Å². The van der Waals surface area contributed by atoms with Gasteiger partial charge in [-0.05, 0) is 47.1 Å². The Morgan fingerprint density at radius 3 is 2.58 bits per heavy atom. The number of aromatic amines is 2. The fraction of sp³-hybridized carbons (Fsp3) is 0.259. The van der Waals surface area contributed by atoms with Crippen LogP contribution >= 0.6 is 0 Å². The summed E-state index contributed by atoms with van der Waals surface area (Å²) >= 11 is 0. The van der Waals surface area contributed by atoms with E-state index in [2.05, 4.69) is 79.3 Å². The molecule has 0 radical (unpaired) electrons. The van der Waals surface area contributed by atoms with Gasteiger partial charge in [-0.3, -0.25) is 0 Å². The zero-order chi connectivity index (χ0) is 21.1. The minimum atomic E-state index is 0.417. The van der Waals surface area contributed by atoms with Gasteiger partial charge in [-0.15, -0.1) is 0 Å². The molecule has 31 heavy (non-hydrogen) atoms. The van der Waals surface area contributed by atoms with Crippen LogP contribution < -0.4 is 0 Å². The smallest absolute Gasteiger partial charge is 0.109 e. The van der Waals surface area contributed by atoms with Crippen molar-refractivity contribution < 1.29 is 0 Å². The summed E-state index contributed by atoms with van der Waals surface area (Å²) in [6.07, 6.45) is 3.00. The van der Waals surface area contributed by atoms with Gasteiger partial charge in [-0.2, -0.15) is 0 Å². The summed E-state index contributed by atoms with van der Waals surface area (Å²) in [7, 11) is 0. The number of benzene rings is 3. The summed E-state index contributed by atoms with van der Waals surface area (Å²) < 4.78 is 0. The number of hydrogen-bond acceptors (Lipinski definition) is 2. The van der Waals surface area contributed by atoms with Crippen LogP contribution in [0.1, 0.15) is 49.6 Å². The average molecular weight is 407 g/mol. The van der Waals surface area contributed by atoms with E-state index in [1.54, 1.807) is 0 Å². The zero-order valence-electron chi connectivity index (χ0n) is 18.2. The molecule has 0 bridgehead atoms. The third kappa shape index (κ3) is 2.89. The lowest BCUT2D eigenvalue weighted by molar-refractivity contribution is 0.787. The lowest BCUT2D eigenvalue weighted by Crippen LogP contribution is -2.03. The quantitative estimate of drug-likeness (QED) is 0.356. The van der Waals surface area contributed by atoms with E-state index in [4.69, 9.17) is 9.97 Å². The van der Waals surface area contributed by atoms with Crippen molar-refractivity contribution in [2.24, 2.45) is 0 Å². The number of fused-ring (bicyclic) bond motifs is 6. The van der Waals surface area contributed by atoms with Gasteiger partial charge in [0.15, 0.2) is 0 Å². The lowest BCUT2D eigenvalue weighted by atomic mass is 9.89. The number of H-pyrrole nitrogens is 2. The third-order valence-electron chi connectivity index (χ3n) is 6.53. The van der Waals surface area contributed by atoms with E-state index < -0.39 is 0 Å². The normalized spacial score (nSPS) is 13.2. The molecule has 0 unspecified atom stereocenters. The van der Waals surface area contributed by atoms with Crippen LogP contribution in [0, 0.1) is 0 Å². The van der Waals surface area contributed by atoms with Crippen LogP contribution in [-0.4, -0.2) is 19.9 Å². The van der Waals surface area contributed by atoms with Crippen LogP contribution in [0.4, 0.5) is 0 Å². The maximum Gasteiger partial charge on any atom is 0.109 e. The summed E-state index contributed by atoms with van der Waals surface area (Å²) in [4.78, 5) is 16.7. The number of aryl methyl sites for hydroxylation is 3. The summed E-state index contributed by atoms with van der Waals surface area (Å²) in [5.74, 6) is 2.55. The maximum absolute atomic E-state index is 4.91. The van der Waals surface area contributed by atoms with Crippen molar-refractivity contribution in [1.29, 1.82) is 0 Å². The van der Waals surface area contributed by atoms with E-state index in [0.717, 1.165) is 47.6 Å². The highest BCUT2D eigenvalue weighted by Gasteiger charge is 2.21. The molecule has 4 nitrogen and oxygen atoms in total. The van der Waals surface area contributed by atoms with Crippen molar-refractivity contribution in [3.63, 3.8) is 0 Å². The number of nitrogens with zero attached hydrogens (tertiary/aromatic N) is 2. The van der Waals surface area contributed by atoms with E-state index in [1.807, 2.05) is 0 Å². The molecular weight excluding hydrogens is 380 g/mol. The molecule has 0 atom stereocenters. The predicted molar refractivity (Wildman–Crippen MR) is 127 cm³/mol. The second-order valence-electron chi connectivity index (χ2n) is 8.91. The molecule has 0 saturated carbocycles. The van der Waals surface area contributed by atoms with Crippen molar-refractivity contribution in [2.45, 2.75) is 46.0 Å². The molecule has 6 rings (SSSR count). The Bertz CT molecular complexity index is 1450. The van der Waals surface area contributed by atoms with Gasteiger partial charge in [-0.25, -0.2) is 9.97 Å². The van der Waals surface area contributed by atoms with Crippen LogP contribution in [0.3, 0.4) is 0 Å². The van der Waals surface area contributed by atoms with Crippen molar-refractivity contribution >= 4 is 21.8 Å². The number of nitrogens with one attached hydrogen (secondary N) is 2. The highest BCUT2D eigenvalue weighted by Crippen LogP contribution is 2.36. The molecule has 1 aliphatic rings. The van der Waals surface area contributed by atoms with Crippen LogP contribution in [0.25, 0.3) is 44.2 Å². The van der Waals surface area contributed by atoms with Crippen LogP contribution in [0.5, 0.6) is 0 Å². The second kappa shape index (κ2) is 6.81. The molecule has 0 amide bonds. The molecule has 2 N–H and O–H groups in total. The average Bonchev–Trinajstić information content (AvgIpc) is 3.42. The predicted octanol–water partition coefficient (Wildman–Crippen LogP) is 6.56. The van der Waals surface area contributed by atoms with Crippen LogP contribution in [0.15, 0.2) is 48.5 Å². The molecule has 0 aliphatic heterocycles. The molecule has 154 valence electrons. The first-order chi connectivity index (χ1) is 15.1. The SMILES string of the molecule is CCc1nc2c(ccc3cc(-c4ccc5c(c4)CCc4[nH]c(C(C)C)nc4-5)ccc32)[nH]1. The van der Waals surface area contributed by atoms with Gasteiger partial charge in [0.1, 0.15) is 11.6 Å². The van der Waals surface area contributed by atoms with Crippen LogP contribution in [-0.2, 0) is 19.3 Å². The zero-order valence-corrected chi connectivity index (χ0v) is 18.2. The van der Waals surface area contributed by atoms with Gasteiger partial charge in [0.25, 0.3) is 0 Å². The molecule has 4 heteroatoms. The van der Waals surface area contributed by atoms with Gasteiger partial charge in [0, 0.05) is 29.0 Å². The number of rotatable bonds is 3. The molecule has 2 aromatic heterocycles. The van der Waals surface area contributed by atoms with Crippen LogP contribution in [0.2, 0.25) is 0 Å². The first kappa shape index (κ1) is 18.4. The second-order valence-corrected chi connectivity index (χ2v) is 8.91. The largest absolute Gasteiger partial charge is 0.345 e. The monoisotopic (exact) mass is 406 g/mol. The number of hydrogen-bond donors (Lipinski definition) is 2. The summed E-state index contributed by atoms with van der Waals surface area (Å²) in [5, 5.41) is 2.44. The van der Waals surface area contributed by atoms with E-state index in [0.29, 0.717) is 5.92 Å². The molecule has 2 heterocycles. The minimum Gasteiger partial charge on any atom is -0.345 e. The Morgan fingerprint density at radius 2 is 1.74 bits per heavy atom. The number of imidazole rings is 2. The van der Waals surface area contributed by atoms with Crippen molar-refractivity contribution in [3.8, 4) is 22.4 Å². The fourth-order valence-corrected chi connectivity index (χ4v) is 4.78. The van der Waals surface area contributed by atoms with E-state index in [1.165, 1.54) is 38.7 Å².